The first-order valence-corrected chi connectivity index (χ1v) is 4.85. The Kier molecular flexibility index (Phi) is 4.17. The summed E-state index contributed by atoms with van der Waals surface area (Å²) in [7, 11) is 1.71. The smallest absolute Gasteiger partial charge is 0.120 e. The predicted molar refractivity (Wildman–Crippen MR) is 61.6 cm³/mol. The minimum Gasteiger partial charge on any atom is -0.387 e. The number of rotatable bonds is 4. The largest absolute Gasteiger partial charge is 0.387 e. The van der Waals surface area contributed by atoms with E-state index in [4.69, 9.17) is 17.3 Å². The third kappa shape index (κ3) is 3.63. The Bertz CT molecular complexity index is 380. The van der Waals surface area contributed by atoms with Crippen LogP contribution in [0.15, 0.2) is 22.5 Å². The minimum atomic E-state index is 0.446. The number of nitrogens with zero attached hydrogens (tertiary/aromatic N) is 2. The maximum atomic E-state index is 5.71. The highest BCUT2D eigenvalue weighted by Crippen LogP contribution is 2.03. The summed E-state index contributed by atoms with van der Waals surface area (Å²) in [5, 5.41) is 9.91. The molecule has 0 amide bonds. The fourth-order valence-electron chi connectivity index (χ4n) is 0.999. The van der Waals surface area contributed by atoms with Crippen LogP contribution < -0.4 is 11.1 Å². The van der Waals surface area contributed by atoms with Crippen LogP contribution in [-0.2, 0) is 6.42 Å². The Labute approximate surface area is 93.4 Å². The van der Waals surface area contributed by atoms with Gasteiger partial charge in [0.1, 0.15) is 11.0 Å². The Morgan fingerprint density at radius 3 is 3.07 bits per heavy atom. The van der Waals surface area contributed by atoms with E-state index in [0.717, 1.165) is 11.3 Å². The van der Waals surface area contributed by atoms with Crippen molar-refractivity contribution >= 4 is 17.4 Å². The van der Waals surface area contributed by atoms with Crippen LogP contribution in [0, 0.1) is 6.92 Å². The molecule has 0 fully saturated rings. The molecule has 0 unspecified atom stereocenters. The van der Waals surface area contributed by atoms with E-state index >= 15 is 0 Å². The molecule has 1 aromatic rings. The summed E-state index contributed by atoms with van der Waals surface area (Å²) < 4.78 is 0. The van der Waals surface area contributed by atoms with Crippen molar-refractivity contribution in [2.45, 2.75) is 13.3 Å². The van der Waals surface area contributed by atoms with Gasteiger partial charge in [0.2, 0.25) is 0 Å². The zero-order chi connectivity index (χ0) is 11.3. The third-order valence-corrected chi connectivity index (χ3v) is 2.18. The van der Waals surface area contributed by atoms with Gasteiger partial charge in [-0.3, -0.25) is 5.10 Å². The lowest BCUT2D eigenvalue weighted by Gasteiger charge is -1.98. The molecule has 0 bridgehead atoms. The highest BCUT2D eigenvalue weighted by atomic mass is 35.5. The van der Waals surface area contributed by atoms with E-state index in [0.29, 0.717) is 17.4 Å². The molecule has 5 nitrogen and oxygen atoms in total. The first-order chi connectivity index (χ1) is 7.13. The molecule has 0 saturated heterocycles. The Balaban J connectivity index is 2.63. The molecule has 0 aromatic carbocycles. The normalized spacial score (nSPS) is 13.0. The molecule has 0 saturated carbocycles. The summed E-state index contributed by atoms with van der Waals surface area (Å²) in [6.45, 7) is 1.94. The molecular formula is C9H14ClN5. The summed E-state index contributed by atoms with van der Waals surface area (Å²) in [6.07, 6.45) is 3.78. The average Bonchev–Trinajstić information content (AvgIpc) is 2.61. The number of H-pyrrole nitrogens is 1. The van der Waals surface area contributed by atoms with E-state index in [1.54, 1.807) is 13.2 Å². The number of hydrogen-bond donors (Lipinski definition) is 3. The second kappa shape index (κ2) is 5.41. The topological polar surface area (TPSA) is 79.1 Å². The molecule has 1 aromatic heterocycles. The van der Waals surface area contributed by atoms with E-state index in [9.17, 15) is 0 Å². The zero-order valence-corrected chi connectivity index (χ0v) is 9.47. The lowest BCUT2D eigenvalue weighted by atomic mass is 10.2. The van der Waals surface area contributed by atoms with Crippen LogP contribution in [0.2, 0.25) is 0 Å². The van der Waals surface area contributed by atoms with Gasteiger partial charge in [-0.2, -0.15) is 5.10 Å². The number of aromatic amines is 1. The summed E-state index contributed by atoms with van der Waals surface area (Å²) in [6, 6.07) is 0. The molecule has 1 heterocycles. The number of aromatic nitrogens is 2. The molecule has 4 N–H and O–H groups in total. The Morgan fingerprint density at radius 2 is 2.53 bits per heavy atom. The fourth-order valence-corrected chi connectivity index (χ4v) is 1.05. The van der Waals surface area contributed by atoms with E-state index < -0.39 is 0 Å². The summed E-state index contributed by atoms with van der Waals surface area (Å²) in [5.74, 6) is 0.493. The van der Waals surface area contributed by atoms with Gasteiger partial charge in [0.15, 0.2) is 0 Å². The average molecular weight is 228 g/mol. The first-order valence-electron chi connectivity index (χ1n) is 4.48. The number of hydrogen-bond acceptors (Lipinski definition) is 3. The van der Waals surface area contributed by atoms with Crippen LogP contribution in [0.5, 0.6) is 0 Å². The number of halogens is 1. The number of aryl methyl sites for hydroxylation is 1. The van der Waals surface area contributed by atoms with E-state index in [1.807, 2.05) is 6.92 Å². The van der Waals surface area contributed by atoms with Crippen molar-refractivity contribution in [2.75, 3.05) is 7.05 Å². The van der Waals surface area contributed by atoms with Crippen LogP contribution >= 0.6 is 11.6 Å². The predicted octanol–water partition coefficient (Wildman–Crippen LogP) is 0.875. The van der Waals surface area contributed by atoms with Crippen molar-refractivity contribution in [2.24, 2.45) is 10.7 Å². The zero-order valence-electron chi connectivity index (χ0n) is 8.71. The Morgan fingerprint density at radius 1 is 1.80 bits per heavy atom. The second-order valence-electron chi connectivity index (χ2n) is 3.04. The van der Waals surface area contributed by atoms with Crippen molar-refractivity contribution in [3.63, 3.8) is 0 Å². The summed E-state index contributed by atoms with van der Waals surface area (Å²) in [4.78, 5) is 4.01. The number of nitrogens with two attached hydrogens (primary N) is 1. The van der Waals surface area contributed by atoms with Crippen molar-refractivity contribution < 1.29 is 0 Å². The highest BCUT2D eigenvalue weighted by Gasteiger charge is 2.01. The van der Waals surface area contributed by atoms with Crippen molar-refractivity contribution in [3.05, 3.63) is 28.8 Å². The van der Waals surface area contributed by atoms with E-state index in [-0.39, 0.29) is 0 Å². The standard InChI is InChI=1S/C9H14ClN5/c1-6-7(4-14-15-6)3-9(11)13-5-8(10)12-2/h4-5,12H,3H2,1-2H3,(H2,11,13)(H,14,15)/b8-5-. The summed E-state index contributed by atoms with van der Waals surface area (Å²) in [5.41, 5.74) is 7.74. The lowest BCUT2D eigenvalue weighted by molar-refractivity contribution is 1.04. The molecule has 0 aliphatic rings. The molecular weight excluding hydrogens is 214 g/mol. The van der Waals surface area contributed by atoms with Gasteiger partial charge in [-0.15, -0.1) is 0 Å². The molecule has 1 rings (SSSR count). The minimum absolute atomic E-state index is 0.446. The van der Waals surface area contributed by atoms with Gasteiger partial charge in [0.25, 0.3) is 0 Å². The number of nitrogens with one attached hydrogen (secondary N) is 2. The molecule has 0 atom stereocenters. The summed E-state index contributed by atoms with van der Waals surface area (Å²) >= 11 is 5.69. The Hall–Kier alpha value is -1.49. The van der Waals surface area contributed by atoms with Gasteiger partial charge in [0.05, 0.1) is 12.4 Å². The van der Waals surface area contributed by atoms with Crippen molar-refractivity contribution in [1.82, 2.24) is 15.5 Å². The molecule has 0 spiro atoms. The maximum Gasteiger partial charge on any atom is 0.120 e. The lowest BCUT2D eigenvalue weighted by Crippen LogP contribution is -2.14. The van der Waals surface area contributed by atoms with Crippen LogP contribution in [-0.4, -0.2) is 23.1 Å². The first kappa shape index (κ1) is 11.6. The molecule has 0 radical (unpaired) electrons. The molecule has 0 aliphatic heterocycles. The quantitative estimate of drug-likeness (QED) is 0.406. The van der Waals surface area contributed by atoms with Gasteiger partial charge in [-0.1, -0.05) is 11.6 Å². The highest BCUT2D eigenvalue weighted by molar-refractivity contribution is 6.29. The molecule has 0 aliphatic carbocycles. The van der Waals surface area contributed by atoms with Crippen molar-refractivity contribution in [3.8, 4) is 0 Å². The van der Waals surface area contributed by atoms with E-state index in [2.05, 4.69) is 20.5 Å². The van der Waals surface area contributed by atoms with Gasteiger partial charge in [-0.25, -0.2) is 4.99 Å². The monoisotopic (exact) mass is 227 g/mol. The molecule has 6 heteroatoms. The van der Waals surface area contributed by atoms with Crippen LogP contribution in [0.4, 0.5) is 0 Å². The van der Waals surface area contributed by atoms with E-state index in [1.165, 1.54) is 6.20 Å². The maximum absolute atomic E-state index is 5.71. The van der Waals surface area contributed by atoms with Crippen LogP contribution in [0.1, 0.15) is 11.3 Å². The van der Waals surface area contributed by atoms with Gasteiger partial charge in [-0.05, 0) is 6.92 Å². The van der Waals surface area contributed by atoms with Crippen LogP contribution in [0.3, 0.4) is 0 Å². The molecule has 82 valence electrons. The second-order valence-corrected chi connectivity index (χ2v) is 3.45. The van der Waals surface area contributed by atoms with Gasteiger partial charge >= 0.3 is 0 Å². The third-order valence-electron chi connectivity index (χ3n) is 1.89. The van der Waals surface area contributed by atoms with Gasteiger partial charge < -0.3 is 11.1 Å². The van der Waals surface area contributed by atoms with Crippen LogP contribution in [0.25, 0.3) is 0 Å². The van der Waals surface area contributed by atoms with Crippen molar-refractivity contribution in [1.29, 1.82) is 0 Å². The fraction of sp³-hybridized carbons (Fsp3) is 0.333. The number of amidine groups is 1. The molecule has 15 heavy (non-hydrogen) atoms. The number of aliphatic imine (C=N–C) groups is 1. The SMILES string of the molecule is CN/C(Cl)=C\N=C(N)Cc1cn[nH]c1C. The van der Waals surface area contributed by atoms with Gasteiger partial charge in [0, 0.05) is 24.7 Å².